The summed E-state index contributed by atoms with van der Waals surface area (Å²) >= 11 is 0. The number of carbonyl (C=O) groups is 2. The van der Waals surface area contributed by atoms with Gasteiger partial charge in [-0.2, -0.15) is 0 Å². The van der Waals surface area contributed by atoms with E-state index >= 15 is 0 Å². The number of hydrogen-bond acceptors (Lipinski definition) is 3. The molecule has 0 radical (unpaired) electrons. The van der Waals surface area contributed by atoms with Crippen LogP contribution in [0.15, 0.2) is 36.4 Å². The minimum absolute atomic E-state index is 0.0898. The van der Waals surface area contributed by atoms with E-state index in [-0.39, 0.29) is 36.7 Å². The van der Waals surface area contributed by atoms with E-state index in [0.717, 1.165) is 10.5 Å². The Hall–Kier alpha value is -2.80. The average molecular weight is 388 g/mol. The number of aliphatic hydroxyl groups excluding tert-OH is 1. The molecule has 2 aromatic rings. The molecule has 1 aliphatic rings. The van der Waals surface area contributed by atoms with Crippen molar-refractivity contribution in [2.45, 2.75) is 26.3 Å². The lowest BCUT2D eigenvalue weighted by Gasteiger charge is -2.24. The molecule has 28 heavy (non-hydrogen) atoms. The summed E-state index contributed by atoms with van der Waals surface area (Å²) in [6.07, 6.45) is 0.246. The topological polar surface area (TPSA) is 69.6 Å². The second kappa shape index (κ2) is 8.06. The largest absolute Gasteiger partial charge is 0.394 e. The summed E-state index contributed by atoms with van der Waals surface area (Å²) in [5.74, 6) is -3.50. The van der Waals surface area contributed by atoms with Crippen LogP contribution in [0.5, 0.6) is 0 Å². The van der Waals surface area contributed by atoms with Gasteiger partial charge in [-0.05, 0) is 36.6 Å². The molecule has 2 aromatic carbocycles. The SMILES string of the molecule is CC(=O)NC[C@@H]1C[C@@H](CO)N(c2ccc(-c3ccccc3C)c(F)c2F)C1=O. The van der Waals surface area contributed by atoms with E-state index in [2.05, 4.69) is 5.32 Å². The molecule has 2 amide bonds. The van der Waals surface area contributed by atoms with Crippen LogP contribution in [0.25, 0.3) is 11.1 Å². The molecule has 148 valence electrons. The number of aryl methyl sites for hydroxylation is 1. The van der Waals surface area contributed by atoms with Gasteiger partial charge in [-0.1, -0.05) is 24.3 Å². The van der Waals surface area contributed by atoms with Crippen molar-refractivity contribution < 1.29 is 23.5 Å². The maximum atomic E-state index is 14.9. The number of benzene rings is 2. The Kier molecular flexibility index (Phi) is 5.74. The normalized spacial score (nSPS) is 19.2. The Labute approximate surface area is 162 Å². The third-order valence-corrected chi connectivity index (χ3v) is 5.07. The van der Waals surface area contributed by atoms with Gasteiger partial charge in [0.15, 0.2) is 11.6 Å². The summed E-state index contributed by atoms with van der Waals surface area (Å²) in [7, 11) is 0. The molecular weight excluding hydrogens is 366 g/mol. The second-order valence-electron chi connectivity index (χ2n) is 6.99. The van der Waals surface area contributed by atoms with Gasteiger partial charge in [0.2, 0.25) is 11.8 Å². The summed E-state index contributed by atoms with van der Waals surface area (Å²) in [6, 6.07) is 9.19. The highest BCUT2D eigenvalue weighted by Gasteiger charge is 2.41. The highest BCUT2D eigenvalue weighted by Crippen LogP contribution is 2.36. The summed E-state index contributed by atoms with van der Waals surface area (Å²) < 4.78 is 29.8. The van der Waals surface area contributed by atoms with E-state index in [4.69, 9.17) is 0 Å². The lowest BCUT2D eigenvalue weighted by Crippen LogP contribution is -2.38. The zero-order chi connectivity index (χ0) is 20.4. The minimum atomic E-state index is -1.13. The molecule has 0 bridgehead atoms. The predicted octanol–water partition coefficient (Wildman–Crippen LogP) is 2.79. The molecule has 0 aliphatic carbocycles. The summed E-state index contributed by atoms with van der Waals surface area (Å²) in [5.41, 5.74) is 1.28. The summed E-state index contributed by atoms with van der Waals surface area (Å²) in [4.78, 5) is 25.0. The van der Waals surface area contributed by atoms with Gasteiger partial charge in [0.1, 0.15) is 0 Å². The first-order chi connectivity index (χ1) is 13.3. The monoisotopic (exact) mass is 388 g/mol. The third kappa shape index (κ3) is 3.62. The van der Waals surface area contributed by atoms with E-state index in [1.54, 1.807) is 25.1 Å². The minimum Gasteiger partial charge on any atom is -0.394 e. The van der Waals surface area contributed by atoms with Crippen LogP contribution in [-0.4, -0.2) is 36.1 Å². The van der Waals surface area contributed by atoms with E-state index in [1.807, 2.05) is 6.07 Å². The highest BCUT2D eigenvalue weighted by atomic mass is 19.2. The van der Waals surface area contributed by atoms with Crippen molar-refractivity contribution in [3.63, 3.8) is 0 Å². The molecule has 1 fully saturated rings. The number of rotatable bonds is 5. The zero-order valence-corrected chi connectivity index (χ0v) is 15.7. The van der Waals surface area contributed by atoms with Gasteiger partial charge < -0.3 is 15.3 Å². The number of aliphatic hydroxyl groups is 1. The lowest BCUT2D eigenvalue weighted by atomic mass is 9.99. The number of nitrogens with zero attached hydrogens (tertiary/aromatic N) is 1. The number of carbonyl (C=O) groups excluding carboxylic acids is 2. The maximum Gasteiger partial charge on any atom is 0.232 e. The van der Waals surface area contributed by atoms with Crippen LogP contribution in [0, 0.1) is 24.5 Å². The maximum absolute atomic E-state index is 14.9. The zero-order valence-electron chi connectivity index (χ0n) is 15.7. The van der Waals surface area contributed by atoms with Gasteiger partial charge in [-0.3, -0.25) is 9.59 Å². The average Bonchev–Trinajstić information content (AvgIpc) is 2.98. The van der Waals surface area contributed by atoms with Gasteiger partial charge >= 0.3 is 0 Å². The standard InChI is InChI=1S/C21H22F2N2O3/c1-12-5-3-4-6-16(12)17-7-8-18(20(23)19(17)22)25-15(11-26)9-14(21(25)28)10-24-13(2)27/h3-8,14-15,26H,9-11H2,1-2H3,(H,24,27)/t14-,15-/m0/s1. The van der Waals surface area contributed by atoms with E-state index in [0.29, 0.717) is 5.56 Å². The van der Waals surface area contributed by atoms with Crippen molar-refractivity contribution in [2.75, 3.05) is 18.1 Å². The Balaban J connectivity index is 1.97. The van der Waals surface area contributed by atoms with Gasteiger partial charge in [-0.25, -0.2) is 8.78 Å². The van der Waals surface area contributed by atoms with E-state index in [9.17, 15) is 23.5 Å². The molecule has 0 saturated carbocycles. The van der Waals surface area contributed by atoms with Gasteiger partial charge in [0, 0.05) is 19.0 Å². The quantitative estimate of drug-likeness (QED) is 0.828. The number of nitrogens with one attached hydrogen (secondary N) is 1. The number of anilines is 1. The molecule has 0 aromatic heterocycles. The lowest BCUT2D eigenvalue weighted by molar-refractivity contribution is -0.121. The smallest absolute Gasteiger partial charge is 0.232 e. The van der Waals surface area contributed by atoms with Gasteiger partial charge in [0.25, 0.3) is 0 Å². The first-order valence-electron chi connectivity index (χ1n) is 9.07. The highest BCUT2D eigenvalue weighted by molar-refractivity contribution is 5.98. The molecule has 3 rings (SSSR count). The van der Waals surface area contributed by atoms with Crippen LogP contribution in [0.4, 0.5) is 14.5 Å². The first-order valence-corrected chi connectivity index (χ1v) is 9.07. The van der Waals surface area contributed by atoms with Crippen LogP contribution in [0.3, 0.4) is 0 Å². The van der Waals surface area contributed by atoms with Crippen molar-refractivity contribution in [1.29, 1.82) is 0 Å². The van der Waals surface area contributed by atoms with Crippen molar-refractivity contribution >= 4 is 17.5 Å². The Bertz CT molecular complexity index is 917. The van der Waals surface area contributed by atoms with Crippen molar-refractivity contribution in [3.8, 4) is 11.1 Å². The molecule has 5 nitrogen and oxygen atoms in total. The number of hydrogen-bond donors (Lipinski definition) is 2. The molecule has 1 heterocycles. The van der Waals surface area contributed by atoms with E-state index in [1.165, 1.54) is 19.1 Å². The van der Waals surface area contributed by atoms with Crippen LogP contribution in [0.2, 0.25) is 0 Å². The molecular formula is C21H22F2N2O3. The Morgan fingerprint density at radius 2 is 1.89 bits per heavy atom. The second-order valence-corrected chi connectivity index (χ2v) is 6.99. The molecule has 1 aliphatic heterocycles. The number of amides is 2. The predicted molar refractivity (Wildman–Crippen MR) is 102 cm³/mol. The fourth-order valence-corrected chi connectivity index (χ4v) is 3.63. The first kappa shape index (κ1) is 19.9. The molecule has 0 spiro atoms. The van der Waals surface area contributed by atoms with E-state index < -0.39 is 29.5 Å². The van der Waals surface area contributed by atoms with Crippen LogP contribution >= 0.6 is 0 Å². The molecule has 7 heteroatoms. The molecule has 1 saturated heterocycles. The molecule has 2 atom stereocenters. The Morgan fingerprint density at radius 3 is 2.54 bits per heavy atom. The van der Waals surface area contributed by atoms with Crippen LogP contribution in [0.1, 0.15) is 18.9 Å². The third-order valence-electron chi connectivity index (χ3n) is 5.07. The molecule has 2 N–H and O–H groups in total. The van der Waals surface area contributed by atoms with Crippen molar-refractivity contribution in [3.05, 3.63) is 53.6 Å². The van der Waals surface area contributed by atoms with Crippen LogP contribution in [-0.2, 0) is 9.59 Å². The summed E-state index contributed by atoms with van der Waals surface area (Å²) in [6.45, 7) is 2.84. The summed E-state index contributed by atoms with van der Waals surface area (Å²) in [5, 5.41) is 12.2. The van der Waals surface area contributed by atoms with Gasteiger partial charge in [0.05, 0.1) is 24.3 Å². The Morgan fingerprint density at radius 1 is 1.18 bits per heavy atom. The van der Waals surface area contributed by atoms with Crippen molar-refractivity contribution in [2.24, 2.45) is 5.92 Å². The molecule has 0 unspecified atom stereocenters. The van der Waals surface area contributed by atoms with Crippen LogP contribution < -0.4 is 10.2 Å². The van der Waals surface area contributed by atoms with Crippen molar-refractivity contribution in [1.82, 2.24) is 5.32 Å². The fraction of sp³-hybridized carbons (Fsp3) is 0.333. The number of halogens is 2. The fourth-order valence-electron chi connectivity index (χ4n) is 3.63. The van der Waals surface area contributed by atoms with Gasteiger partial charge in [-0.15, -0.1) is 0 Å².